The monoisotopic (exact) mass is 299 g/mol. The second kappa shape index (κ2) is 9.16. The first-order valence-electron chi connectivity index (χ1n) is 7.22. The molecule has 0 atom stereocenters. The Morgan fingerprint density at radius 1 is 1.40 bits per heavy atom. The highest BCUT2D eigenvalue weighted by atomic mass is 35.5. The van der Waals surface area contributed by atoms with Crippen LogP contribution in [-0.4, -0.2) is 38.3 Å². The van der Waals surface area contributed by atoms with Crippen molar-refractivity contribution in [2.24, 2.45) is 0 Å². The van der Waals surface area contributed by atoms with Crippen LogP contribution in [0.4, 0.5) is 5.82 Å². The number of ether oxygens (including phenoxy) is 1. The maximum atomic E-state index is 6.19. The van der Waals surface area contributed by atoms with Gasteiger partial charge in [-0.2, -0.15) is 0 Å². The Hall–Kier alpha value is -0.840. The average Bonchev–Trinajstić information content (AvgIpc) is 2.46. The highest BCUT2D eigenvalue weighted by Gasteiger charge is 2.17. The van der Waals surface area contributed by atoms with Crippen LogP contribution < -0.4 is 10.2 Å². The molecule has 0 spiro atoms. The minimum Gasteiger partial charge on any atom is -0.383 e. The molecule has 1 heterocycles. The number of rotatable bonds is 9. The summed E-state index contributed by atoms with van der Waals surface area (Å²) in [4.78, 5) is 6.82. The number of aromatic nitrogens is 1. The van der Waals surface area contributed by atoms with E-state index >= 15 is 0 Å². The molecule has 0 aromatic carbocycles. The molecule has 0 bridgehead atoms. The molecule has 1 aromatic heterocycles. The lowest BCUT2D eigenvalue weighted by molar-refractivity contribution is 0.202. The summed E-state index contributed by atoms with van der Waals surface area (Å²) in [6.07, 6.45) is 3.92. The predicted octanol–water partition coefficient (Wildman–Crippen LogP) is 3.10. The van der Waals surface area contributed by atoms with Crippen molar-refractivity contribution in [3.8, 4) is 0 Å². The number of nitrogens with zero attached hydrogens (tertiary/aromatic N) is 2. The lowest BCUT2D eigenvalue weighted by Crippen LogP contribution is -2.37. The molecule has 0 saturated carbocycles. The molecule has 0 unspecified atom stereocenters. The van der Waals surface area contributed by atoms with Gasteiger partial charge in [-0.3, -0.25) is 0 Å². The van der Waals surface area contributed by atoms with Gasteiger partial charge in [-0.25, -0.2) is 4.98 Å². The Morgan fingerprint density at radius 2 is 2.10 bits per heavy atom. The van der Waals surface area contributed by atoms with E-state index in [0.29, 0.717) is 17.7 Å². The van der Waals surface area contributed by atoms with Crippen molar-refractivity contribution in [1.29, 1.82) is 0 Å². The number of pyridine rings is 1. The lowest BCUT2D eigenvalue weighted by Gasteiger charge is -2.31. The summed E-state index contributed by atoms with van der Waals surface area (Å²) >= 11 is 6.19. The lowest BCUT2D eigenvalue weighted by atomic mass is 10.1. The van der Waals surface area contributed by atoms with Gasteiger partial charge in [0.2, 0.25) is 0 Å². The number of nitrogens with one attached hydrogen (secondary N) is 1. The van der Waals surface area contributed by atoms with Crippen LogP contribution in [-0.2, 0) is 11.3 Å². The number of anilines is 1. The van der Waals surface area contributed by atoms with Crippen molar-refractivity contribution >= 4 is 17.4 Å². The fourth-order valence-corrected chi connectivity index (χ4v) is 2.52. The standard InChI is InChI=1S/C15H26ClN3O/c1-5-13(6-2)19(7-8-20-4)15-9-12(10-17-3)14(16)11-18-15/h9,11,13,17H,5-8,10H2,1-4H3. The molecule has 0 saturated heterocycles. The number of methoxy groups -OCH3 is 1. The van der Waals surface area contributed by atoms with E-state index in [2.05, 4.69) is 35.1 Å². The van der Waals surface area contributed by atoms with Gasteiger partial charge in [0.1, 0.15) is 5.82 Å². The molecule has 20 heavy (non-hydrogen) atoms. The Morgan fingerprint density at radius 3 is 2.65 bits per heavy atom. The molecule has 0 aliphatic heterocycles. The van der Waals surface area contributed by atoms with Gasteiger partial charge in [0.15, 0.2) is 0 Å². The van der Waals surface area contributed by atoms with Crippen molar-refractivity contribution in [2.45, 2.75) is 39.3 Å². The van der Waals surface area contributed by atoms with Gasteiger partial charge in [0, 0.05) is 32.4 Å². The molecule has 5 heteroatoms. The van der Waals surface area contributed by atoms with Crippen molar-refractivity contribution in [2.75, 3.05) is 32.2 Å². The van der Waals surface area contributed by atoms with Crippen LogP contribution in [0.1, 0.15) is 32.3 Å². The van der Waals surface area contributed by atoms with Gasteiger partial charge in [0.25, 0.3) is 0 Å². The van der Waals surface area contributed by atoms with Crippen LogP contribution in [0.2, 0.25) is 5.02 Å². The van der Waals surface area contributed by atoms with Crippen molar-refractivity contribution in [1.82, 2.24) is 10.3 Å². The van der Waals surface area contributed by atoms with Gasteiger partial charge in [-0.1, -0.05) is 25.4 Å². The third-order valence-corrected chi connectivity index (χ3v) is 3.84. The fraction of sp³-hybridized carbons (Fsp3) is 0.667. The van der Waals surface area contributed by atoms with Crippen LogP contribution in [0, 0.1) is 0 Å². The maximum absolute atomic E-state index is 6.19. The van der Waals surface area contributed by atoms with Crippen molar-refractivity contribution in [3.05, 3.63) is 22.8 Å². The van der Waals surface area contributed by atoms with Gasteiger partial charge >= 0.3 is 0 Å². The largest absolute Gasteiger partial charge is 0.383 e. The molecule has 114 valence electrons. The normalized spacial score (nSPS) is 11.1. The third-order valence-electron chi connectivity index (χ3n) is 3.50. The molecular weight excluding hydrogens is 274 g/mol. The van der Waals surface area contributed by atoms with Crippen LogP contribution in [0.25, 0.3) is 0 Å². The van der Waals surface area contributed by atoms with E-state index in [1.807, 2.05) is 7.05 Å². The van der Waals surface area contributed by atoms with Crippen molar-refractivity contribution < 1.29 is 4.74 Å². The zero-order valence-electron chi connectivity index (χ0n) is 12.9. The highest BCUT2D eigenvalue weighted by molar-refractivity contribution is 6.31. The predicted molar refractivity (Wildman–Crippen MR) is 85.6 cm³/mol. The van der Waals surface area contributed by atoms with Crippen LogP contribution in [0.15, 0.2) is 12.3 Å². The van der Waals surface area contributed by atoms with Gasteiger partial charge in [-0.15, -0.1) is 0 Å². The van der Waals surface area contributed by atoms with Crippen LogP contribution >= 0.6 is 11.6 Å². The molecule has 0 amide bonds. The summed E-state index contributed by atoms with van der Waals surface area (Å²) < 4.78 is 5.23. The topological polar surface area (TPSA) is 37.4 Å². The SMILES string of the molecule is CCC(CC)N(CCOC)c1cc(CNC)c(Cl)cn1. The Kier molecular flexibility index (Phi) is 7.88. The van der Waals surface area contributed by atoms with Crippen LogP contribution in [0.3, 0.4) is 0 Å². The van der Waals surface area contributed by atoms with E-state index in [4.69, 9.17) is 16.3 Å². The van der Waals surface area contributed by atoms with Gasteiger partial charge in [0.05, 0.1) is 11.6 Å². The van der Waals surface area contributed by atoms with E-state index in [0.717, 1.165) is 37.3 Å². The van der Waals surface area contributed by atoms with Crippen molar-refractivity contribution in [3.63, 3.8) is 0 Å². The second-order valence-electron chi connectivity index (χ2n) is 4.82. The zero-order valence-corrected chi connectivity index (χ0v) is 13.7. The molecule has 1 aromatic rings. The van der Waals surface area contributed by atoms with Crippen LogP contribution in [0.5, 0.6) is 0 Å². The van der Waals surface area contributed by atoms with E-state index < -0.39 is 0 Å². The number of hydrogen-bond acceptors (Lipinski definition) is 4. The number of hydrogen-bond donors (Lipinski definition) is 1. The molecule has 1 N–H and O–H groups in total. The molecule has 4 nitrogen and oxygen atoms in total. The second-order valence-corrected chi connectivity index (χ2v) is 5.23. The quantitative estimate of drug-likeness (QED) is 0.760. The molecule has 0 aliphatic carbocycles. The zero-order chi connectivity index (χ0) is 15.0. The molecule has 0 aliphatic rings. The summed E-state index contributed by atoms with van der Waals surface area (Å²) in [6.45, 7) is 6.70. The molecule has 1 rings (SSSR count). The summed E-state index contributed by atoms with van der Waals surface area (Å²) in [7, 11) is 3.65. The first-order chi connectivity index (χ1) is 9.67. The minimum atomic E-state index is 0.473. The van der Waals surface area contributed by atoms with E-state index in [1.54, 1.807) is 13.3 Å². The maximum Gasteiger partial charge on any atom is 0.129 e. The summed E-state index contributed by atoms with van der Waals surface area (Å²) in [5.41, 5.74) is 1.08. The molecular formula is C15H26ClN3O. The first kappa shape index (κ1) is 17.2. The summed E-state index contributed by atoms with van der Waals surface area (Å²) in [5, 5.41) is 3.84. The average molecular weight is 300 g/mol. The summed E-state index contributed by atoms with van der Waals surface area (Å²) in [5.74, 6) is 0.977. The minimum absolute atomic E-state index is 0.473. The van der Waals surface area contributed by atoms with E-state index in [1.165, 1.54) is 0 Å². The highest BCUT2D eigenvalue weighted by Crippen LogP contribution is 2.23. The molecule has 0 radical (unpaired) electrons. The Bertz CT molecular complexity index is 397. The first-order valence-corrected chi connectivity index (χ1v) is 7.60. The van der Waals surface area contributed by atoms with E-state index in [-0.39, 0.29) is 0 Å². The third kappa shape index (κ3) is 4.62. The van der Waals surface area contributed by atoms with Gasteiger partial charge < -0.3 is 15.0 Å². The number of halogens is 1. The smallest absolute Gasteiger partial charge is 0.129 e. The summed E-state index contributed by atoms with van der Waals surface area (Å²) in [6, 6.07) is 2.55. The Labute approximate surface area is 127 Å². The van der Waals surface area contributed by atoms with E-state index in [9.17, 15) is 0 Å². The Balaban J connectivity index is 3.02. The fourth-order valence-electron chi connectivity index (χ4n) is 2.35. The molecule has 0 fully saturated rings. The van der Waals surface area contributed by atoms with Gasteiger partial charge in [-0.05, 0) is 31.5 Å².